The molecule has 0 radical (unpaired) electrons. The number of nitrogens with one attached hydrogen (secondary N) is 1. The molecule has 4 rings (SSSR count). The van der Waals surface area contributed by atoms with Gasteiger partial charge >= 0.3 is 6.36 Å². The third kappa shape index (κ3) is 4.13. The lowest BCUT2D eigenvalue weighted by Crippen LogP contribution is -2.37. The maximum Gasteiger partial charge on any atom is 0.573 e. The maximum atomic E-state index is 12.9. The number of nitrogens with zero attached hydrogens (tertiary/aromatic N) is 3. The summed E-state index contributed by atoms with van der Waals surface area (Å²) in [5.74, 6) is 0.209. The summed E-state index contributed by atoms with van der Waals surface area (Å²) in [6, 6.07) is 7.47. The van der Waals surface area contributed by atoms with Crippen LogP contribution in [-0.4, -0.2) is 45.3 Å². The van der Waals surface area contributed by atoms with Crippen molar-refractivity contribution in [3.8, 4) is 22.8 Å². The molecule has 3 aromatic rings. The standard InChI is InChI=1S/C20H21F3N4O3/c1-29-12-8-9-13(17(11-12)30-20(21,22)23)18-15-6-4-10-27(15)19(26-25-18)24-14-5-2-3-7-16(14)28/h4,6,8-11,14,16,28H,2-3,5,7H2,1H3,(H,24,26)/t14?,16-/m0/s1. The van der Waals surface area contributed by atoms with Crippen molar-refractivity contribution in [2.75, 3.05) is 12.4 Å². The fourth-order valence-electron chi connectivity index (χ4n) is 3.73. The summed E-state index contributed by atoms with van der Waals surface area (Å²) >= 11 is 0. The number of aromatic nitrogens is 3. The van der Waals surface area contributed by atoms with Crippen molar-refractivity contribution in [2.45, 2.75) is 44.2 Å². The Morgan fingerprint density at radius 1 is 1.17 bits per heavy atom. The molecular weight excluding hydrogens is 401 g/mol. The summed E-state index contributed by atoms with van der Waals surface area (Å²) in [6.45, 7) is 0. The molecule has 0 aliphatic heterocycles. The first-order valence-electron chi connectivity index (χ1n) is 9.58. The number of methoxy groups -OCH3 is 1. The quantitative estimate of drug-likeness (QED) is 0.647. The molecule has 160 valence electrons. The second-order valence-electron chi connectivity index (χ2n) is 7.15. The molecule has 1 fully saturated rings. The number of ether oxygens (including phenoxy) is 2. The summed E-state index contributed by atoms with van der Waals surface area (Å²) in [5, 5.41) is 21.8. The number of rotatable bonds is 5. The molecule has 1 unspecified atom stereocenters. The van der Waals surface area contributed by atoms with E-state index in [1.54, 1.807) is 22.7 Å². The average Bonchev–Trinajstić information content (AvgIpc) is 3.19. The van der Waals surface area contributed by atoms with Gasteiger partial charge in [-0.25, -0.2) is 0 Å². The van der Waals surface area contributed by atoms with Gasteiger partial charge in [0.05, 0.1) is 24.8 Å². The van der Waals surface area contributed by atoms with Crippen molar-refractivity contribution in [1.82, 2.24) is 14.6 Å². The van der Waals surface area contributed by atoms with Gasteiger partial charge < -0.3 is 19.9 Å². The summed E-state index contributed by atoms with van der Waals surface area (Å²) in [6.07, 6.45) is -0.137. The zero-order valence-corrected chi connectivity index (χ0v) is 16.2. The van der Waals surface area contributed by atoms with E-state index in [-0.39, 0.29) is 23.0 Å². The Balaban J connectivity index is 1.75. The molecule has 7 nitrogen and oxygen atoms in total. The Bertz CT molecular complexity index is 1040. The van der Waals surface area contributed by atoms with Gasteiger partial charge in [-0.3, -0.25) is 4.40 Å². The second kappa shape index (κ2) is 8.02. The molecule has 0 saturated heterocycles. The van der Waals surface area contributed by atoms with Crippen LogP contribution in [0.15, 0.2) is 36.5 Å². The first kappa shape index (κ1) is 20.3. The highest BCUT2D eigenvalue weighted by Crippen LogP contribution is 2.38. The third-order valence-electron chi connectivity index (χ3n) is 5.18. The highest BCUT2D eigenvalue weighted by atomic mass is 19.4. The van der Waals surface area contributed by atoms with Crippen LogP contribution in [0.2, 0.25) is 0 Å². The summed E-state index contributed by atoms with van der Waals surface area (Å²) < 4.78 is 49.8. The topological polar surface area (TPSA) is 80.9 Å². The average molecular weight is 422 g/mol. The number of hydrogen-bond donors (Lipinski definition) is 2. The second-order valence-corrected chi connectivity index (χ2v) is 7.15. The van der Waals surface area contributed by atoms with E-state index >= 15 is 0 Å². The van der Waals surface area contributed by atoms with Crippen molar-refractivity contribution >= 4 is 11.5 Å². The Labute approximate surface area is 170 Å². The van der Waals surface area contributed by atoms with Gasteiger partial charge in [-0.15, -0.1) is 23.4 Å². The van der Waals surface area contributed by atoms with Gasteiger partial charge in [-0.1, -0.05) is 12.8 Å². The number of fused-ring (bicyclic) bond motifs is 1. The number of aliphatic hydroxyl groups excluding tert-OH is 1. The molecule has 2 atom stereocenters. The van der Waals surface area contributed by atoms with Gasteiger partial charge in [0, 0.05) is 17.8 Å². The fraction of sp³-hybridized carbons (Fsp3) is 0.400. The van der Waals surface area contributed by atoms with Gasteiger partial charge in [0.2, 0.25) is 5.95 Å². The minimum Gasteiger partial charge on any atom is -0.497 e. The minimum absolute atomic E-state index is 0.133. The van der Waals surface area contributed by atoms with Crippen LogP contribution in [0, 0.1) is 0 Å². The van der Waals surface area contributed by atoms with E-state index in [0.717, 1.165) is 25.3 Å². The first-order chi connectivity index (χ1) is 14.4. The lowest BCUT2D eigenvalue weighted by atomic mass is 9.93. The largest absolute Gasteiger partial charge is 0.573 e. The van der Waals surface area contributed by atoms with Crippen molar-refractivity contribution in [3.63, 3.8) is 0 Å². The molecule has 10 heteroatoms. The van der Waals surface area contributed by atoms with E-state index in [2.05, 4.69) is 20.3 Å². The number of alkyl halides is 3. The van der Waals surface area contributed by atoms with Crippen molar-refractivity contribution < 1.29 is 27.8 Å². The van der Waals surface area contributed by atoms with Crippen LogP contribution in [0.4, 0.5) is 19.1 Å². The van der Waals surface area contributed by atoms with Gasteiger partial charge in [-0.2, -0.15) is 0 Å². The van der Waals surface area contributed by atoms with Crippen molar-refractivity contribution in [3.05, 3.63) is 36.5 Å². The normalized spacial score (nSPS) is 19.6. The molecule has 0 amide bonds. The van der Waals surface area contributed by atoms with Crippen molar-refractivity contribution in [1.29, 1.82) is 0 Å². The monoisotopic (exact) mass is 422 g/mol. The number of anilines is 1. The first-order valence-corrected chi connectivity index (χ1v) is 9.58. The van der Waals surface area contributed by atoms with Gasteiger partial charge in [0.15, 0.2) is 0 Å². The SMILES string of the molecule is COc1ccc(-c2nnc(NC3CCCC[C@@H]3O)n3cccc23)c(OC(F)(F)F)c1. The predicted octanol–water partition coefficient (Wildman–Crippen LogP) is 4.02. The molecule has 2 heterocycles. The van der Waals surface area contributed by atoms with E-state index in [1.165, 1.54) is 19.2 Å². The zero-order chi connectivity index (χ0) is 21.3. The van der Waals surface area contributed by atoms with Crippen LogP contribution in [0.1, 0.15) is 25.7 Å². The lowest BCUT2D eigenvalue weighted by molar-refractivity contribution is -0.274. The van der Waals surface area contributed by atoms with Crippen LogP contribution in [-0.2, 0) is 0 Å². The summed E-state index contributed by atoms with van der Waals surface area (Å²) in [7, 11) is 1.36. The zero-order valence-electron chi connectivity index (χ0n) is 16.2. The van der Waals surface area contributed by atoms with E-state index in [9.17, 15) is 18.3 Å². The Hall–Kier alpha value is -3.01. The molecule has 1 aliphatic carbocycles. The summed E-state index contributed by atoms with van der Waals surface area (Å²) in [4.78, 5) is 0. The summed E-state index contributed by atoms with van der Waals surface area (Å²) in [5.41, 5.74) is 0.917. The Kier molecular flexibility index (Phi) is 5.42. The number of hydrogen-bond acceptors (Lipinski definition) is 6. The van der Waals surface area contributed by atoms with Crippen LogP contribution < -0.4 is 14.8 Å². The highest BCUT2D eigenvalue weighted by Gasteiger charge is 2.33. The lowest BCUT2D eigenvalue weighted by Gasteiger charge is -2.28. The molecule has 1 aliphatic rings. The van der Waals surface area contributed by atoms with E-state index in [0.29, 0.717) is 17.9 Å². The predicted molar refractivity (Wildman–Crippen MR) is 104 cm³/mol. The maximum absolute atomic E-state index is 12.9. The van der Waals surface area contributed by atoms with Crippen molar-refractivity contribution in [2.24, 2.45) is 0 Å². The molecule has 2 N–H and O–H groups in total. The number of halogens is 3. The smallest absolute Gasteiger partial charge is 0.497 e. The molecule has 2 aromatic heterocycles. The molecule has 1 saturated carbocycles. The molecule has 30 heavy (non-hydrogen) atoms. The van der Waals surface area contributed by atoms with Crippen LogP contribution >= 0.6 is 0 Å². The van der Waals surface area contributed by atoms with Gasteiger partial charge in [-0.05, 0) is 37.1 Å². The number of aliphatic hydroxyl groups is 1. The fourth-order valence-corrected chi connectivity index (χ4v) is 3.73. The van der Waals surface area contributed by atoms with E-state index in [4.69, 9.17) is 4.74 Å². The third-order valence-corrected chi connectivity index (χ3v) is 5.18. The van der Waals surface area contributed by atoms with Crippen LogP contribution in [0.3, 0.4) is 0 Å². The molecule has 0 bridgehead atoms. The van der Waals surface area contributed by atoms with E-state index in [1.807, 2.05) is 0 Å². The molecule has 1 aromatic carbocycles. The Morgan fingerprint density at radius 2 is 1.97 bits per heavy atom. The van der Waals surface area contributed by atoms with Crippen LogP contribution in [0.5, 0.6) is 11.5 Å². The molecular formula is C20H21F3N4O3. The Morgan fingerprint density at radius 3 is 2.70 bits per heavy atom. The minimum atomic E-state index is -4.87. The van der Waals surface area contributed by atoms with Gasteiger partial charge in [0.1, 0.15) is 17.2 Å². The molecule has 0 spiro atoms. The van der Waals surface area contributed by atoms with E-state index < -0.39 is 18.2 Å². The number of benzene rings is 1. The highest BCUT2D eigenvalue weighted by molar-refractivity contribution is 5.81. The van der Waals surface area contributed by atoms with Gasteiger partial charge in [0.25, 0.3) is 0 Å². The van der Waals surface area contributed by atoms with Crippen LogP contribution in [0.25, 0.3) is 16.8 Å².